The number of ketones is 1. The van der Waals surface area contributed by atoms with Crippen LogP contribution < -0.4 is 10.5 Å². The summed E-state index contributed by atoms with van der Waals surface area (Å²) in [6, 6.07) is 2.37. The molecule has 0 fully saturated rings. The van der Waals surface area contributed by atoms with E-state index in [1.165, 1.54) is 18.5 Å². The molecule has 2 aromatic rings. The van der Waals surface area contributed by atoms with Crippen molar-refractivity contribution in [3.8, 4) is 17.7 Å². The third kappa shape index (κ3) is 5.59. The normalized spacial score (nSPS) is 19.9. The predicted molar refractivity (Wildman–Crippen MR) is 110 cm³/mol. The van der Waals surface area contributed by atoms with Gasteiger partial charge in [-0.2, -0.15) is 13.2 Å². The van der Waals surface area contributed by atoms with Gasteiger partial charge in [0.15, 0.2) is 18.5 Å². The van der Waals surface area contributed by atoms with Gasteiger partial charge in [-0.1, -0.05) is 12.0 Å². The van der Waals surface area contributed by atoms with Crippen molar-refractivity contribution in [2.24, 2.45) is 10.7 Å². The minimum atomic E-state index is -4.87. The highest BCUT2D eigenvalue weighted by Gasteiger charge is 2.52. The van der Waals surface area contributed by atoms with Crippen molar-refractivity contribution in [1.82, 2.24) is 9.97 Å². The first-order chi connectivity index (χ1) is 16.1. The molecular formula is C22H19F5N4O3. The summed E-state index contributed by atoms with van der Waals surface area (Å²) in [7, 11) is 0. The fourth-order valence-corrected chi connectivity index (χ4v) is 3.32. The molecule has 0 aliphatic carbocycles. The molecule has 34 heavy (non-hydrogen) atoms. The highest BCUT2D eigenvalue weighted by molar-refractivity contribution is 5.95. The fraction of sp³-hybridized carbons (Fsp3) is 0.364. The quantitative estimate of drug-likeness (QED) is 0.370. The van der Waals surface area contributed by atoms with Crippen molar-refractivity contribution in [2.45, 2.75) is 37.6 Å². The smallest absolute Gasteiger partial charge is 0.425 e. The minimum absolute atomic E-state index is 0.0227. The molecule has 0 saturated heterocycles. The van der Waals surface area contributed by atoms with E-state index in [0.717, 1.165) is 12.1 Å². The summed E-state index contributed by atoms with van der Waals surface area (Å²) in [5.41, 5.74) is 2.82. The summed E-state index contributed by atoms with van der Waals surface area (Å²) in [4.78, 5) is 24.2. The number of carbonyl (C=O) groups excluding carboxylic acids is 1. The fourth-order valence-electron chi connectivity index (χ4n) is 3.32. The standard InChI is InChI=1S/C22H19F5N4O3/c1-2-3-6-33-19-11-29-16(10-30-19)17(32)8-13-4-5-15(24)14(7-13)21(12-23)9-18(22(25,26)27)34-20(28)31-21/h4-5,7,10-11,18H,6,8-9,12H2,1H3,(H2,28,31)/t18-,21+/m0/s1. The Morgan fingerprint density at radius 1 is 1.32 bits per heavy atom. The zero-order valence-electron chi connectivity index (χ0n) is 17.8. The van der Waals surface area contributed by atoms with E-state index in [4.69, 9.17) is 10.5 Å². The molecule has 1 aromatic carbocycles. The molecule has 2 heterocycles. The van der Waals surface area contributed by atoms with Crippen LogP contribution >= 0.6 is 0 Å². The minimum Gasteiger partial charge on any atom is -0.463 e. The van der Waals surface area contributed by atoms with E-state index in [1.807, 2.05) is 0 Å². The van der Waals surface area contributed by atoms with Crippen LogP contribution in [0.25, 0.3) is 0 Å². The number of alkyl halides is 4. The molecule has 0 amide bonds. The number of aliphatic imine (C=N–C) groups is 1. The number of halogens is 5. The number of ether oxygens (including phenoxy) is 2. The van der Waals surface area contributed by atoms with Gasteiger partial charge in [-0.25, -0.2) is 23.7 Å². The lowest BCUT2D eigenvalue weighted by molar-refractivity contribution is -0.209. The summed E-state index contributed by atoms with van der Waals surface area (Å²) < 4.78 is 78.1. The number of hydrogen-bond acceptors (Lipinski definition) is 7. The zero-order chi connectivity index (χ0) is 24.9. The van der Waals surface area contributed by atoms with Crippen LogP contribution in [-0.2, 0) is 16.7 Å². The lowest BCUT2D eigenvalue weighted by Gasteiger charge is -2.36. The van der Waals surface area contributed by atoms with Gasteiger partial charge >= 0.3 is 6.18 Å². The number of Topliss-reactive ketones (excluding diaryl/α,β-unsaturated/α-hetero) is 1. The van der Waals surface area contributed by atoms with E-state index < -0.39 is 54.1 Å². The van der Waals surface area contributed by atoms with E-state index in [-0.39, 0.29) is 30.2 Å². The number of benzene rings is 1. The Hall–Kier alpha value is -3.75. The molecule has 1 aliphatic rings. The molecule has 180 valence electrons. The van der Waals surface area contributed by atoms with Gasteiger partial charge in [-0.05, 0) is 24.6 Å². The average Bonchev–Trinajstić information content (AvgIpc) is 2.80. The number of nitrogens with two attached hydrogens (primary N) is 1. The highest BCUT2D eigenvalue weighted by atomic mass is 19.4. The summed E-state index contributed by atoms with van der Waals surface area (Å²) in [6.45, 7) is 0.277. The predicted octanol–water partition coefficient (Wildman–Crippen LogP) is 3.27. The maximum Gasteiger partial charge on any atom is 0.425 e. The van der Waals surface area contributed by atoms with Gasteiger partial charge in [0.05, 0.1) is 12.4 Å². The molecule has 2 N–H and O–H groups in total. The van der Waals surface area contributed by atoms with Crippen LogP contribution in [0.5, 0.6) is 5.88 Å². The van der Waals surface area contributed by atoms with Crippen molar-refractivity contribution < 1.29 is 36.2 Å². The Morgan fingerprint density at radius 2 is 2.09 bits per heavy atom. The maximum atomic E-state index is 14.6. The van der Waals surface area contributed by atoms with Crippen molar-refractivity contribution >= 4 is 11.8 Å². The summed E-state index contributed by atoms with van der Waals surface area (Å²) in [5, 5.41) is 0. The van der Waals surface area contributed by atoms with E-state index in [1.54, 1.807) is 6.92 Å². The van der Waals surface area contributed by atoms with Gasteiger partial charge in [0, 0.05) is 18.4 Å². The number of nitrogens with zero attached hydrogens (tertiary/aromatic N) is 3. The largest absolute Gasteiger partial charge is 0.463 e. The summed E-state index contributed by atoms with van der Waals surface area (Å²) >= 11 is 0. The molecule has 0 saturated carbocycles. The first-order valence-electron chi connectivity index (χ1n) is 9.89. The van der Waals surface area contributed by atoms with Crippen LogP contribution in [0.15, 0.2) is 35.6 Å². The van der Waals surface area contributed by atoms with Crippen LogP contribution in [0, 0.1) is 17.7 Å². The molecule has 1 aliphatic heterocycles. The van der Waals surface area contributed by atoms with Crippen LogP contribution in [0.4, 0.5) is 22.0 Å². The van der Waals surface area contributed by atoms with Crippen molar-refractivity contribution in [1.29, 1.82) is 0 Å². The number of aromatic nitrogens is 2. The van der Waals surface area contributed by atoms with E-state index in [9.17, 15) is 26.7 Å². The second-order valence-corrected chi connectivity index (χ2v) is 7.34. The lowest BCUT2D eigenvalue weighted by Crippen LogP contribution is -2.48. The lowest BCUT2D eigenvalue weighted by atomic mass is 9.83. The number of hydrogen-bond donors (Lipinski definition) is 1. The monoisotopic (exact) mass is 482 g/mol. The van der Waals surface area contributed by atoms with Gasteiger partial charge < -0.3 is 15.2 Å². The third-order valence-electron chi connectivity index (χ3n) is 4.98. The molecule has 3 rings (SSSR count). The Kier molecular flexibility index (Phi) is 7.34. The van der Waals surface area contributed by atoms with Crippen LogP contribution in [-0.4, -0.2) is 47.3 Å². The first-order valence-corrected chi connectivity index (χ1v) is 9.89. The van der Waals surface area contributed by atoms with Crippen LogP contribution in [0.3, 0.4) is 0 Å². The maximum absolute atomic E-state index is 14.6. The zero-order valence-corrected chi connectivity index (χ0v) is 17.8. The van der Waals surface area contributed by atoms with Gasteiger partial charge in [0.2, 0.25) is 5.88 Å². The summed E-state index contributed by atoms with van der Waals surface area (Å²) in [5.74, 6) is 3.96. The van der Waals surface area contributed by atoms with Gasteiger partial charge in [-0.3, -0.25) is 4.79 Å². The molecule has 12 heteroatoms. The van der Waals surface area contributed by atoms with Crippen molar-refractivity contribution in [2.75, 3.05) is 13.3 Å². The number of rotatable bonds is 7. The second kappa shape index (κ2) is 10.0. The first kappa shape index (κ1) is 24.9. The molecule has 7 nitrogen and oxygen atoms in total. The molecule has 2 atom stereocenters. The highest BCUT2D eigenvalue weighted by Crippen LogP contribution is 2.41. The Morgan fingerprint density at radius 3 is 2.71 bits per heavy atom. The number of carbonyl (C=O) groups is 1. The van der Waals surface area contributed by atoms with Crippen LogP contribution in [0.1, 0.15) is 35.0 Å². The molecule has 1 aromatic heterocycles. The van der Waals surface area contributed by atoms with Gasteiger partial charge in [0.1, 0.15) is 23.7 Å². The third-order valence-corrected chi connectivity index (χ3v) is 4.98. The summed E-state index contributed by atoms with van der Waals surface area (Å²) in [6.07, 6.45) is -6.24. The Labute approximate surface area is 191 Å². The average molecular weight is 482 g/mol. The molecule has 0 unspecified atom stereocenters. The molecule has 0 bridgehead atoms. The van der Waals surface area contributed by atoms with E-state index in [0.29, 0.717) is 0 Å². The molecular weight excluding hydrogens is 463 g/mol. The Balaban J connectivity index is 1.85. The van der Waals surface area contributed by atoms with E-state index in [2.05, 4.69) is 31.5 Å². The van der Waals surface area contributed by atoms with Gasteiger partial charge in [-0.15, -0.1) is 5.92 Å². The van der Waals surface area contributed by atoms with Crippen LogP contribution in [0.2, 0.25) is 0 Å². The van der Waals surface area contributed by atoms with Crippen molar-refractivity contribution in [3.63, 3.8) is 0 Å². The molecule has 0 spiro atoms. The SMILES string of the molecule is CC#CCOc1cnc(C(=O)Cc2ccc(F)c([C@]3(CF)C[C@@H](C(F)(F)F)OC(N)=N3)c2)cn1. The Bertz CT molecular complexity index is 1140. The second-order valence-electron chi connectivity index (χ2n) is 7.34. The molecule has 0 radical (unpaired) electrons. The topological polar surface area (TPSA) is 99.7 Å². The van der Waals surface area contributed by atoms with E-state index >= 15 is 0 Å². The van der Waals surface area contributed by atoms with Gasteiger partial charge in [0.25, 0.3) is 6.02 Å². The number of amidine groups is 1. The van der Waals surface area contributed by atoms with Crippen molar-refractivity contribution in [3.05, 3.63) is 53.2 Å².